The molecule has 0 saturated heterocycles. The zero-order chi connectivity index (χ0) is 14.5. The van der Waals surface area contributed by atoms with Gasteiger partial charge in [0, 0.05) is 6.54 Å². The Labute approximate surface area is 110 Å². The van der Waals surface area contributed by atoms with E-state index in [9.17, 15) is 23.1 Å². The van der Waals surface area contributed by atoms with Gasteiger partial charge in [-0.05, 0) is 39.0 Å². The normalized spacial score (nSPS) is 19.5. The third-order valence-corrected chi connectivity index (χ3v) is 3.27. The summed E-state index contributed by atoms with van der Waals surface area (Å²) in [5.74, 6) is -0.779. The molecule has 0 aliphatic heterocycles. The molecular formula is C13H20F3NO2. The van der Waals surface area contributed by atoms with E-state index in [1.807, 2.05) is 0 Å². The van der Waals surface area contributed by atoms with Gasteiger partial charge in [0.05, 0.1) is 6.42 Å². The highest BCUT2D eigenvalue weighted by atomic mass is 19.4. The van der Waals surface area contributed by atoms with E-state index in [-0.39, 0.29) is 0 Å². The predicted octanol–water partition coefficient (Wildman–Crippen LogP) is 2.70. The van der Waals surface area contributed by atoms with Crippen molar-refractivity contribution in [1.29, 1.82) is 0 Å². The van der Waals surface area contributed by atoms with Crippen LogP contribution in [0, 0.1) is 0 Å². The maximum absolute atomic E-state index is 12.4. The van der Waals surface area contributed by atoms with Crippen molar-refractivity contribution in [3.8, 4) is 0 Å². The van der Waals surface area contributed by atoms with Gasteiger partial charge in [-0.25, -0.2) is 0 Å². The van der Waals surface area contributed by atoms with Gasteiger partial charge >= 0.3 is 6.18 Å². The fourth-order valence-corrected chi connectivity index (χ4v) is 1.97. The third kappa shape index (κ3) is 5.22. The molecule has 1 rings (SSSR count). The summed E-state index contributed by atoms with van der Waals surface area (Å²) in [6, 6.07) is 0. The van der Waals surface area contributed by atoms with Gasteiger partial charge in [-0.1, -0.05) is 11.6 Å². The minimum absolute atomic E-state index is 0.318. The Morgan fingerprint density at radius 2 is 2.11 bits per heavy atom. The molecule has 3 nitrogen and oxygen atoms in total. The first kappa shape index (κ1) is 16.0. The summed E-state index contributed by atoms with van der Waals surface area (Å²) in [4.78, 5) is 11.4. The maximum Gasteiger partial charge on any atom is 0.417 e. The minimum atomic E-state index is -4.80. The Morgan fingerprint density at radius 1 is 1.42 bits per heavy atom. The number of amides is 1. The second kappa shape index (κ2) is 6.41. The average Bonchev–Trinajstić information content (AvgIpc) is 2.28. The van der Waals surface area contributed by atoms with Gasteiger partial charge in [-0.3, -0.25) is 4.79 Å². The molecule has 0 fully saturated rings. The van der Waals surface area contributed by atoms with Crippen LogP contribution < -0.4 is 5.32 Å². The van der Waals surface area contributed by atoms with Crippen LogP contribution in [-0.2, 0) is 4.79 Å². The van der Waals surface area contributed by atoms with E-state index >= 15 is 0 Å². The molecule has 1 atom stereocenters. The molecule has 2 N–H and O–H groups in total. The summed E-state index contributed by atoms with van der Waals surface area (Å²) in [5.41, 5.74) is -1.73. The molecule has 110 valence electrons. The summed E-state index contributed by atoms with van der Waals surface area (Å²) in [6.07, 6.45) is 1.36. The molecular weight excluding hydrogens is 259 g/mol. The van der Waals surface area contributed by atoms with Gasteiger partial charge in [0.15, 0.2) is 5.60 Å². The van der Waals surface area contributed by atoms with Crippen LogP contribution >= 0.6 is 0 Å². The number of alkyl halides is 3. The highest BCUT2D eigenvalue weighted by Gasteiger charge is 2.50. The number of carbonyl (C=O) groups excluding carboxylic acids is 1. The van der Waals surface area contributed by atoms with E-state index in [1.165, 1.54) is 12.0 Å². The summed E-state index contributed by atoms with van der Waals surface area (Å²) in [5, 5.41) is 11.6. The first-order chi connectivity index (χ1) is 8.72. The van der Waals surface area contributed by atoms with Crippen LogP contribution in [0.5, 0.6) is 0 Å². The molecule has 1 aliphatic carbocycles. The molecule has 0 aromatic heterocycles. The van der Waals surface area contributed by atoms with Gasteiger partial charge in [0.2, 0.25) is 5.91 Å². The lowest BCUT2D eigenvalue weighted by Crippen LogP contribution is -2.46. The molecule has 0 saturated carbocycles. The Bertz CT molecular complexity index is 348. The lowest BCUT2D eigenvalue weighted by atomic mass is 9.97. The lowest BCUT2D eigenvalue weighted by Gasteiger charge is -2.25. The van der Waals surface area contributed by atoms with Gasteiger partial charge in [0.25, 0.3) is 0 Å². The Morgan fingerprint density at radius 3 is 2.63 bits per heavy atom. The van der Waals surface area contributed by atoms with Crippen LogP contribution in [0.4, 0.5) is 13.2 Å². The number of aliphatic hydroxyl groups is 1. The van der Waals surface area contributed by atoms with Crippen molar-refractivity contribution in [2.75, 3.05) is 6.54 Å². The standard InChI is InChI=1S/C13H20F3NO2/c1-12(19,13(14,15)16)9-11(18)17-8-7-10-5-3-2-4-6-10/h5,19H,2-4,6-9H2,1H3,(H,17,18)/t12-/m1/s1. The average molecular weight is 279 g/mol. The van der Waals surface area contributed by atoms with Gasteiger partial charge in [-0.15, -0.1) is 0 Å². The largest absolute Gasteiger partial charge is 0.417 e. The van der Waals surface area contributed by atoms with Crippen LogP contribution in [0.25, 0.3) is 0 Å². The fourth-order valence-electron chi connectivity index (χ4n) is 1.97. The third-order valence-electron chi connectivity index (χ3n) is 3.27. The summed E-state index contributed by atoms with van der Waals surface area (Å²) in [7, 11) is 0. The van der Waals surface area contributed by atoms with E-state index < -0.39 is 24.1 Å². The Balaban J connectivity index is 2.30. The molecule has 19 heavy (non-hydrogen) atoms. The maximum atomic E-state index is 12.4. The number of rotatable bonds is 5. The summed E-state index contributed by atoms with van der Waals surface area (Å²) < 4.78 is 37.1. The van der Waals surface area contributed by atoms with E-state index in [4.69, 9.17) is 0 Å². The summed E-state index contributed by atoms with van der Waals surface area (Å²) >= 11 is 0. The number of carbonyl (C=O) groups is 1. The number of nitrogens with one attached hydrogen (secondary N) is 1. The van der Waals surface area contributed by atoms with Crippen LogP contribution in [0.3, 0.4) is 0 Å². The summed E-state index contributed by atoms with van der Waals surface area (Å²) in [6.45, 7) is 0.925. The number of halogens is 3. The van der Waals surface area contributed by atoms with Crippen LogP contribution in [0.2, 0.25) is 0 Å². The van der Waals surface area contributed by atoms with Crippen molar-refractivity contribution in [3.05, 3.63) is 11.6 Å². The highest BCUT2D eigenvalue weighted by molar-refractivity contribution is 5.77. The lowest BCUT2D eigenvalue weighted by molar-refractivity contribution is -0.253. The van der Waals surface area contributed by atoms with Crippen molar-refractivity contribution in [1.82, 2.24) is 5.32 Å². The van der Waals surface area contributed by atoms with Gasteiger partial charge in [-0.2, -0.15) is 13.2 Å². The molecule has 1 aliphatic rings. The molecule has 0 heterocycles. The molecule has 6 heteroatoms. The molecule has 1 amide bonds. The minimum Gasteiger partial charge on any atom is -0.380 e. The predicted molar refractivity (Wildman–Crippen MR) is 65.5 cm³/mol. The SMILES string of the molecule is C[C@@](O)(CC(=O)NCCC1=CCCCC1)C(F)(F)F. The van der Waals surface area contributed by atoms with E-state index in [0.717, 1.165) is 19.3 Å². The van der Waals surface area contributed by atoms with Crippen molar-refractivity contribution >= 4 is 5.91 Å². The van der Waals surface area contributed by atoms with Crippen molar-refractivity contribution in [2.24, 2.45) is 0 Å². The van der Waals surface area contributed by atoms with Gasteiger partial charge in [0.1, 0.15) is 0 Å². The zero-order valence-corrected chi connectivity index (χ0v) is 11.0. The second-order valence-corrected chi connectivity index (χ2v) is 5.16. The van der Waals surface area contributed by atoms with Crippen LogP contribution in [0.15, 0.2) is 11.6 Å². The Kier molecular flexibility index (Phi) is 5.40. The van der Waals surface area contributed by atoms with E-state index in [1.54, 1.807) is 0 Å². The fraction of sp³-hybridized carbons (Fsp3) is 0.769. The number of hydrogen-bond acceptors (Lipinski definition) is 2. The van der Waals surface area contributed by atoms with Crippen LogP contribution in [0.1, 0.15) is 45.4 Å². The van der Waals surface area contributed by atoms with Crippen molar-refractivity contribution < 1.29 is 23.1 Å². The highest BCUT2D eigenvalue weighted by Crippen LogP contribution is 2.32. The Hall–Kier alpha value is -1.04. The molecule has 0 aromatic carbocycles. The number of allylic oxidation sites excluding steroid dienone is 1. The van der Waals surface area contributed by atoms with E-state index in [2.05, 4.69) is 11.4 Å². The molecule has 0 unspecified atom stereocenters. The van der Waals surface area contributed by atoms with Crippen molar-refractivity contribution in [3.63, 3.8) is 0 Å². The smallest absolute Gasteiger partial charge is 0.380 e. The number of hydrogen-bond donors (Lipinski definition) is 2. The monoisotopic (exact) mass is 279 g/mol. The quantitative estimate of drug-likeness (QED) is 0.760. The molecule has 0 spiro atoms. The van der Waals surface area contributed by atoms with E-state index in [0.29, 0.717) is 19.9 Å². The molecule has 0 aromatic rings. The van der Waals surface area contributed by atoms with Gasteiger partial charge < -0.3 is 10.4 Å². The first-order valence-electron chi connectivity index (χ1n) is 6.46. The topological polar surface area (TPSA) is 49.3 Å². The molecule has 0 bridgehead atoms. The zero-order valence-electron chi connectivity index (χ0n) is 11.0. The molecule has 0 radical (unpaired) electrons. The van der Waals surface area contributed by atoms with Crippen molar-refractivity contribution in [2.45, 2.75) is 57.2 Å². The second-order valence-electron chi connectivity index (χ2n) is 5.16. The van der Waals surface area contributed by atoms with Crippen LogP contribution in [-0.4, -0.2) is 29.3 Å². The first-order valence-corrected chi connectivity index (χ1v) is 6.46.